The molecule has 3 aromatic carbocycles. The maximum Gasteiger partial charge on any atom is 0.0356 e. The second kappa shape index (κ2) is 10.2. The number of allylic oxidation sites excluding steroid dienone is 4. The molecular weight excluding hydrogens is 448 g/mol. The largest absolute Gasteiger partial charge is 0.136 e. The normalized spacial score (nSPS) is 12.5. The predicted octanol–water partition coefficient (Wildman–Crippen LogP) is 10.2. The highest BCUT2D eigenvalue weighted by Crippen LogP contribution is 2.35. The molecule has 0 aliphatic heterocycles. The maximum absolute atomic E-state index is 2.32. The average molecular weight is 475 g/mol. The van der Waals surface area contributed by atoms with Gasteiger partial charge in [0.15, 0.2) is 0 Å². The molecule has 2 aromatic heterocycles. The summed E-state index contributed by atoms with van der Waals surface area (Å²) < 4.78 is 2.67. The van der Waals surface area contributed by atoms with Crippen LogP contribution in [0.1, 0.15) is 32.0 Å². The lowest BCUT2D eigenvalue weighted by molar-refractivity contribution is 1.46. The number of rotatable bonds is 6. The molecule has 0 nitrogen and oxygen atoms in total. The minimum absolute atomic E-state index is 1.22. The Morgan fingerprint density at radius 2 is 0.853 bits per heavy atom. The molecular formula is C32H26S2. The molecule has 166 valence electrons. The molecule has 0 saturated heterocycles. The Morgan fingerprint density at radius 1 is 0.471 bits per heavy atom. The fraction of sp³-hybridized carbons (Fsp3) is 0.0625. The first kappa shape index (κ1) is 22.3. The summed E-state index contributed by atoms with van der Waals surface area (Å²) in [6.07, 6.45) is 17.1. The van der Waals surface area contributed by atoms with E-state index >= 15 is 0 Å². The number of hydrogen-bond donors (Lipinski definition) is 0. The van der Waals surface area contributed by atoms with Crippen molar-refractivity contribution < 1.29 is 0 Å². The van der Waals surface area contributed by atoms with Crippen molar-refractivity contribution >= 4 is 67.1 Å². The van der Waals surface area contributed by atoms with Crippen LogP contribution in [0.15, 0.2) is 97.1 Å². The van der Waals surface area contributed by atoms with Crippen LogP contribution in [0.3, 0.4) is 0 Å². The minimum Gasteiger partial charge on any atom is -0.136 e. The van der Waals surface area contributed by atoms with E-state index < -0.39 is 0 Å². The van der Waals surface area contributed by atoms with E-state index in [-0.39, 0.29) is 0 Å². The van der Waals surface area contributed by atoms with Crippen LogP contribution in [-0.2, 0) is 0 Å². The summed E-state index contributed by atoms with van der Waals surface area (Å²) in [5.74, 6) is 0. The van der Waals surface area contributed by atoms with Gasteiger partial charge in [0.25, 0.3) is 0 Å². The SMILES string of the molecule is Cc1ccc(/C=C/C=C/c2cc3cc4sc(/C=C/C=C/c5ccc(C)cc5)cc4cc3s2)cc1. The lowest BCUT2D eigenvalue weighted by Crippen LogP contribution is -1.72. The predicted molar refractivity (Wildman–Crippen MR) is 156 cm³/mol. The van der Waals surface area contributed by atoms with Crippen LogP contribution in [0, 0.1) is 13.8 Å². The van der Waals surface area contributed by atoms with Crippen molar-refractivity contribution in [1.82, 2.24) is 0 Å². The molecule has 5 aromatic rings. The number of hydrogen-bond acceptors (Lipinski definition) is 2. The van der Waals surface area contributed by atoms with Crippen LogP contribution < -0.4 is 0 Å². The second-order valence-electron chi connectivity index (χ2n) is 8.48. The molecule has 0 N–H and O–H groups in total. The Kier molecular flexibility index (Phi) is 6.71. The third-order valence-corrected chi connectivity index (χ3v) is 7.79. The van der Waals surface area contributed by atoms with E-state index in [1.165, 1.54) is 52.2 Å². The minimum atomic E-state index is 1.22. The highest BCUT2D eigenvalue weighted by Gasteiger charge is 2.05. The fourth-order valence-corrected chi connectivity index (χ4v) is 5.78. The zero-order valence-corrected chi connectivity index (χ0v) is 21.0. The number of fused-ring (bicyclic) bond motifs is 2. The summed E-state index contributed by atoms with van der Waals surface area (Å²) in [5.41, 5.74) is 5.02. The van der Waals surface area contributed by atoms with Crippen LogP contribution in [0.25, 0.3) is 44.5 Å². The van der Waals surface area contributed by atoms with Crippen molar-refractivity contribution in [3.8, 4) is 0 Å². The zero-order chi connectivity index (χ0) is 23.3. The van der Waals surface area contributed by atoms with Gasteiger partial charge >= 0.3 is 0 Å². The van der Waals surface area contributed by atoms with Crippen LogP contribution in [0.5, 0.6) is 0 Å². The van der Waals surface area contributed by atoms with Gasteiger partial charge in [-0.2, -0.15) is 0 Å². The standard InChI is InChI=1S/C32H26S2/c1-23-11-15-25(16-12-23)7-3-5-9-29-19-27-21-32-28(22-31(27)33-29)20-30(34-32)10-6-4-8-26-17-13-24(2)14-18-26/h3-22H,1-2H3/b7-3+,8-4+,9-5+,10-6+. The Bertz CT molecular complexity index is 1370. The van der Waals surface area contributed by atoms with Crippen molar-refractivity contribution in [2.45, 2.75) is 13.8 Å². The van der Waals surface area contributed by atoms with E-state index in [2.05, 4.69) is 135 Å². The Morgan fingerprint density at radius 3 is 1.26 bits per heavy atom. The summed E-state index contributed by atoms with van der Waals surface area (Å²) in [7, 11) is 0. The molecule has 0 spiro atoms. The summed E-state index contributed by atoms with van der Waals surface area (Å²) in [6.45, 7) is 4.23. The van der Waals surface area contributed by atoms with Crippen molar-refractivity contribution in [2.24, 2.45) is 0 Å². The molecule has 5 rings (SSSR count). The van der Waals surface area contributed by atoms with E-state index in [9.17, 15) is 0 Å². The molecule has 0 unspecified atom stereocenters. The number of benzene rings is 3. The lowest BCUT2D eigenvalue weighted by Gasteiger charge is -1.93. The van der Waals surface area contributed by atoms with Crippen molar-refractivity contribution in [2.75, 3.05) is 0 Å². The molecule has 2 heterocycles. The maximum atomic E-state index is 2.32. The van der Waals surface area contributed by atoms with Gasteiger partial charge in [-0.05, 0) is 72.2 Å². The zero-order valence-electron chi connectivity index (χ0n) is 19.4. The Balaban J connectivity index is 1.27. The van der Waals surface area contributed by atoms with Gasteiger partial charge in [-0.15, -0.1) is 22.7 Å². The van der Waals surface area contributed by atoms with Crippen LogP contribution >= 0.6 is 22.7 Å². The van der Waals surface area contributed by atoms with Gasteiger partial charge in [0.2, 0.25) is 0 Å². The van der Waals surface area contributed by atoms with Gasteiger partial charge in [0.1, 0.15) is 0 Å². The van der Waals surface area contributed by atoms with Crippen LogP contribution in [0.2, 0.25) is 0 Å². The molecule has 0 radical (unpaired) electrons. The van der Waals surface area contributed by atoms with Gasteiger partial charge in [-0.25, -0.2) is 0 Å². The van der Waals surface area contributed by atoms with E-state index in [1.54, 1.807) is 0 Å². The van der Waals surface area contributed by atoms with Crippen molar-refractivity contribution in [3.05, 3.63) is 129 Å². The summed E-state index contributed by atoms with van der Waals surface area (Å²) in [4.78, 5) is 2.56. The van der Waals surface area contributed by atoms with Gasteiger partial charge in [-0.3, -0.25) is 0 Å². The summed E-state index contributed by atoms with van der Waals surface area (Å²) in [5, 5.41) is 2.63. The van der Waals surface area contributed by atoms with Gasteiger partial charge in [0.05, 0.1) is 0 Å². The van der Waals surface area contributed by atoms with Crippen LogP contribution in [-0.4, -0.2) is 0 Å². The van der Waals surface area contributed by atoms with Crippen LogP contribution in [0.4, 0.5) is 0 Å². The first-order valence-corrected chi connectivity index (χ1v) is 13.1. The van der Waals surface area contributed by atoms with E-state index in [0.29, 0.717) is 0 Å². The third-order valence-electron chi connectivity index (χ3n) is 5.67. The van der Waals surface area contributed by atoms with Crippen molar-refractivity contribution in [3.63, 3.8) is 0 Å². The van der Waals surface area contributed by atoms with Gasteiger partial charge < -0.3 is 0 Å². The molecule has 0 atom stereocenters. The second-order valence-corrected chi connectivity index (χ2v) is 10.7. The monoisotopic (exact) mass is 474 g/mol. The molecule has 0 amide bonds. The molecule has 2 heteroatoms. The molecule has 0 bridgehead atoms. The molecule has 0 saturated carbocycles. The highest BCUT2D eigenvalue weighted by atomic mass is 32.1. The van der Waals surface area contributed by atoms with Gasteiger partial charge in [0, 0.05) is 19.2 Å². The molecule has 34 heavy (non-hydrogen) atoms. The number of aryl methyl sites for hydroxylation is 2. The topological polar surface area (TPSA) is 0 Å². The molecule has 0 fully saturated rings. The van der Waals surface area contributed by atoms with Crippen molar-refractivity contribution in [1.29, 1.82) is 0 Å². The van der Waals surface area contributed by atoms with E-state index in [0.717, 1.165) is 0 Å². The summed E-state index contributed by atoms with van der Waals surface area (Å²) >= 11 is 3.69. The molecule has 0 aliphatic rings. The Labute approximate surface area is 209 Å². The van der Waals surface area contributed by atoms with E-state index in [4.69, 9.17) is 0 Å². The highest BCUT2D eigenvalue weighted by molar-refractivity contribution is 7.21. The lowest BCUT2D eigenvalue weighted by atomic mass is 10.1. The van der Waals surface area contributed by atoms with Gasteiger partial charge in [-0.1, -0.05) is 96.1 Å². The average Bonchev–Trinajstić information content (AvgIpc) is 3.42. The summed E-state index contributed by atoms with van der Waals surface area (Å²) in [6, 6.07) is 26.4. The fourth-order valence-electron chi connectivity index (χ4n) is 3.77. The Hall–Kier alpha value is -3.46. The third kappa shape index (κ3) is 5.53. The molecule has 0 aliphatic carbocycles. The first-order valence-electron chi connectivity index (χ1n) is 11.4. The van der Waals surface area contributed by atoms with E-state index in [1.807, 2.05) is 22.7 Å². The number of thiophene rings is 2. The first-order chi connectivity index (χ1) is 16.6. The smallest absolute Gasteiger partial charge is 0.0356 e. The quantitative estimate of drug-likeness (QED) is 0.215.